The topological polar surface area (TPSA) is 87.6 Å². The number of hydrazone groups is 1. The molecule has 0 unspecified atom stereocenters. The summed E-state index contributed by atoms with van der Waals surface area (Å²) in [6, 6.07) is 15.7. The van der Waals surface area contributed by atoms with E-state index in [2.05, 4.69) is 15.2 Å². The minimum absolute atomic E-state index is 0.111. The van der Waals surface area contributed by atoms with E-state index in [1.165, 1.54) is 12.1 Å². The van der Waals surface area contributed by atoms with Crippen molar-refractivity contribution in [1.82, 2.24) is 10.1 Å². The molecule has 0 spiro atoms. The molecule has 0 bridgehead atoms. The largest absolute Gasteiger partial charge is 0.272 e. The Morgan fingerprint density at radius 2 is 1.68 bits per heavy atom. The van der Waals surface area contributed by atoms with Crippen molar-refractivity contribution in [3.8, 4) is 0 Å². The van der Waals surface area contributed by atoms with Gasteiger partial charge < -0.3 is 0 Å². The Bertz CT molecular complexity index is 845. The van der Waals surface area contributed by atoms with E-state index >= 15 is 0 Å². The van der Waals surface area contributed by atoms with Gasteiger partial charge in [-0.15, -0.1) is 0 Å². The number of sulfonamides is 1. The number of amides is 1. The average Bonchev–Trinajstić information content (AvgIpc) is 2.63. The van der Waals surface area contributed by atoms with E-state index in [-0.39, 0.29) is 11.4 Å². The highest BCUT2D eigenvalue weighted by Crippen LogP contribution is 2.07. The number of aryl methyl sites for hydroxylation is 1. The van der Waals surface area contributed by atoms with Gasteiger partial charge in [-0.25, -0.2) is 18.6 Å². The summed E-state index contributed by atoms with van der Waals surface area (Å²) in [5, 5.41) is 4.10. The van der Waals surface area contributed by atoms with Gasteiger partial charge in [0.2, 0.25) is 10.0 Å². The average molecular weight is 359 g/mol. The summed E-state index contributed by atoms with van der Waals surface area (Å²) in [5.41, 5.74) is 5.17. The molecule has 2 aromatic rings. The maximum atomic E-state index is 12.1. The first-order chi connectivity index (χ1) is 11.9. The maximum Gasteiger partial charge on any atom is 0.255 e. The van der Waals surface area contributed by atoms with Crippen LogP contribution in [0.1, 0.15) is 24.5 Å². The van der Waals surface area contributed by atoms with Gasteiger partial charge in [-0.1, -0.05) is 55.0 Å². The van der Waals surface area contributed by atoms with E-state index < -0.39 is 15.9 Å². The lowest BCUT2D eigenvalue weighted by molar-refractivity contribution is -0.119. The summed E-state index contributed by atoms with van der Waals surface area (Å²) in [7, 11) is -3.72. The van der Waals surface area contributed by atoms with Crippen LogP contribution in [0.15, 0.2) is 64.6 Å². The molecule has 0 radical (unpaired) electrons. The van der Waals surface area contributed by atoms with Crippen LogP contribution in [0, 0.1) is 6.92 Å². The third-order valence-corrected chi connectivity index (χ3v) is 4.93. The smallest absolute Gasteiger partial charge is 0.255 e. The van der Waals surface area contributed by atoms with Gasteiger partial charge in [-0.2, -0.15) is 5.10 Å². The second-order valence-electron chi connectivity index (χ2n) is 5.45. The van der Waals surface area contributed by atoms with Gasteiger partial charge in [0.25, 0.3) is 5.91 Å². The van der Waals surface area contributed by atoms with Gasteiger partial charge in [0.1, 0.15) is 0 Å². The third kappa shape index (κ3) is 5.51. The lowest BCUT2D eigenvalue weighted by Gasteiger charge is -2.07. The van der Waals surface area contributed by atoms with Gasteiger partial charge >= 0.3 is 0 Å². The number of benzene rings is 2. The van der Waals surface area contributed by atoms with Gasteiger partial charge in [0, 0.05) is 0 Å². The van der Waals surface area contributed by atoms with Crippen molar-refractivity contribution in [1.29, 1.82) is 0 Å². The number of nitrogens with zero attached hydrogens (tertiary/aromatic N) is 1. The van der Waals surface area contributed by atoms with E-state index in [0.29, 0.717) is 6.42 Å². The van der Waals surface area contributed by atoms with Crippen LogP contribution in [-0.2, 0) is 14.8 Å². The number of hydrogen-bond acceptors (Lipinski definition) is 4. The zero-order valence-electron chi connectivity index (χ0n) is 14.2. The highest BCUT2D eigenvalue weighted by molar-refractivity contribution is 7.89. The molecular formula is C18H21N3O3S. The molecule has 2 aromatic carbocycles. The lowest BCUT2D eigenvalue weighted by atomic mass is 10.1. The molecule has 0 fully saturated rings. The zero-order chi connectivity index (χ0) is 18.3. The molecule has 0 aromatic heterocycles. The van der Waals surface area contributed by atoms with Crippen LogP contribution in [0.5, 0.6) is 0 Å². The Hall–Kier alpha value is -2.51. The molecule has 1 amide bonds. The molecule has 0 aliphatic heterocycles. The van der Waals surface area contributed by atoms with Crippen molar-refractivity contribution in [2.45, 2.75) is 25.2 Å². The predicted octanol–water partition coefficient (Wildman–Crippen LogP) is 2.20. The third-order valence-electron chi connectivity index (χ3n) is 3.51. The van der Waals surface area contributed by atoms with Crippen LogP contribution in [0.4, 0.5) is 0 Å². The molecular weight excluding hydrogens is 338 g/mol. The Morgan fingerprint density at radius 1 is 1.04 bits per heavy atom. The molecule has 2 rings (SSSR count). The van der Waals surface area contributed by atoms with E-state index in [9.17, 15) is 13.2 Å². The molecule has 0 saturated heterocycles. The fourth-order valence-corrected chi connectivity index (χ4v) is 3.11. The Kier molecular flexibility index (Phi) is 6.44. The van der Waals surface area contributed by atoms with Gasteiger partial charge in [-0.3, -0.25) is 4.79 Å². The minimum atomic E-state index is -3.72. The normalized spacial score (nSPS) is 12.0. The van der Waals surface area contributed by atoms with Crippen LogP contribution in [-0.4, -0.2) is 26.6 Å². The number of nitrogens with one attached hydrogen (secondary N) is 2. The minimum Gasteiger partial charge on any atom is -0.272 e. The van der Waals surface area contributed by atoms with E-state index in [0.717, 1.165) is 16.8 Å². The SMILES string of the molecule is CC/C(=N/NC(=O)CNS(=O)(=O)c1ccccc1)c1ccc(C)cc1. The fraction of sp³-hybridized carbons (Fsp3) is 0.222. The summed E-state index contributed by atoms with van der Waals surface area (Å²) < 4.78 is 26.4. The van der Waals surface area contributed by atoms with Crippen molar-refractivity contribution in [3.05, 3.63) is 65.7 Å². The first kappa shape index (κ1) is 18.8. The summed E-state index contributed by atoms with van der Waals surface area (Å²) >= 11 is 0. The van der Waals surface area contributed by atoms with Crippen LogP contribution in [0.25, 0.3) is 0 Å². The van der Waals surface area contributed by atoms with Crippen molar-refractivity contribution < 1.29 is 13.2 Å². The van der Waals surface area contributed by atoms with Gasteiger partial charge in [0.15, 0.2) is 0 Å². The predicted molar refractivity (Wildman–Crippen MR) is 97.8 cm³/mol. The van der Waals surface area contributed by atoms with Crippen molar-refractivity contribution >= 4 is 21.6 Å². The number of carbonyl (C=O) groups is 1. The molecule has 25 heavy (non-hydrogen) atoms. The van der Waals surface area contributed by atoms with Crippen LogP contribution in [0.2, 0.25) is 0 Å². The second kappa shape index (κ2) is 8.55. The van der Waals surface area contributed by atoms with Crippen molar-refractivity contribution in [2.75, 3.05) is 6.54 Å². The van der Waals surface area contributed by atoms with Gasteiger partial charge in [0.05, 0.1) is 17.2 Å². The van der Waals surface area contributed by atoms with E-state index in [1.54, 1.807) is 18.2 Å². The standard InChI is InChI=1S/C18H21N3O3S/c1-3-17(15-11-9-14(2)10-12-15)20-21-18(22)13-19-25(23,24)16-7-5-4-6-8-16/h4-12,19H,3,13H2,1-2H3,(H,21,22)/b20-17-. The quantitative estimate of drug-likeness (QED) is 0.587. The second-order valence-corrected chi connectivity index (χ2v) is 7.22. The fourth-order valence-electron chi connectivity index (χ4n) is 2.11. The molecule has 132 valence electrons. The number of rotatable bonds is 7. The molecule has 6 nitrogen and oxygen atoms in total. The number of carbonyl (C=O) groups excluding carboxylic acids is 1. The zero-order valence-corrected chi connectivity index (χ0v) is 15.0. The van der Waals surface area contributed by atoms with Gasteiger partial charge in [-0.05, 0) is 31.0 Å². The summed E-state index contributed by atoms with van der Waals surface area (Å²) in [5.74, 6) is -0.530. The Labute approximate surface area is 148 Å². The lowest BCUT2D eigenvalue weighted by Crippen LogP contribution is -2.35. The molecule has 0 aliphatic rings. The van der Waals surface area contributed by atoms with Crippen LogP contribution in [0.3, 0.4) is 0 Å². The monoisotopic (exact) mass is 359 g/mol. The first-order valence-electron chi connectivity index (χ1n) is 7.89. The molecule has 2 N–H and O–H groups in total. The first-order valence-corrected chi connectivity index (χ1v) is 9.38. The van der Waals surface area contributed by atoms with Crippen molar-refractivity contribution in [2.24, 2.45) is 5.10 Å². The number of hydrogen-bond donors (Lipinski definition) is 2. The summed E-state index contributed by atoms with van der Waals surface area (Å²) in [6.45, 7) is 3.54. The highest BCUT2D eigenvalue weighted by Gasteiger charge is 2.14. The molecule has 0 atom stereocenters. The van der Waals surface area contributed by atoms with Crippen molar-refractivity contribution in [3.63, 3.8) is 0 Å². The summed E-state index contributed by atoms with van der Waals surface area (Å²) in [4.78, 5) is 12.0. The molecule has 0 heterocycles. The Morgan fingerprint density at radius 3 is 2.28 bits per heavy atom. The molecule has 0 aliphatic carbocycles. The highest BCUT2D eigenvalue weighted by atomic mass is 32.2. The maximum absolute atomic E-state index is 12.1. The molecule has 7 heteroatoms. The Balaban J connectivity index is 1.96. The summed E-state index contributed by atoms with van der Waals surface area (Å²) in [6.07, 6.45) is 0.638. The van der Waals surface area contributed by atoms with E-state index in [1.807, 2.05) is 38.1 Å². The van der Waals surface area contributed by atoms with E-state index in [4.69, 9.17) is 0 Å². The van der Waals surface area contributed by atoms with Crippen LogP contribution >= 0.6 is 0 Å². The van der Waals surface area contributed by atoms with Crippen LogP contribution < -0.4 is 10.1 Å². The molecule has 0 saturated carbocycles.